The van der Waals surface area contributed by atoms with Crippen LogP contribution in [-0.2, 0) is 0 Å². The maximum absolute atomic E-state index is 13.4. The van der Waals surface area contributed by atoms with Gasteiger partial charge in [-0.1, -0.05) is 18.2 Å². The summed E-state index contributed by atoms with van der Waals surface area (Å²) in [7, 11) is 2.00. The molecule has 1 heterocycles. The number of ether oxygens (including phenoxy) is 1. The van der Waals surface area contributed by atoms with Crippen LogP contribution in [0.25, 0.3) is 11.1 Å². The van der Waals surface area contributed by atoms with Gasteiger partial charge < -0.3 is 19.4 Å². The van der Waals surface area contributed by atoms with Gasteiger partial charge in [-0.05, 0) is 141 Å². The molecule has 45 heavy (non-hydrogen) atoms. The molecule has 0 N–H and O–H groups in total. The van der Waals surface area contributed by atoms with Gasteiger partial charge in [0.25, 0.3) is 11.8 Å². The largest absolute Gasteiger partial charge is 0.494 e. The first-order valence-corrected chi connectivity index (χ1v) is 17.0. The molecule has 5 aliphatic rings. The van der Waals surface area contributed by atoms with E-state index in [0.29, 0.717) is 25.1 Å². The summed E-state index contributed by atoms with van der Waals surface area (Å²) in [5.41, 5.74) is 6.23. The van der Waals surface area contributed by atoms with Gasteiger partial charge in [0, 0.05) is 56.6 Å². The highest BCUT2D eigenvalue weighted by molar-refractivity contribution is 5.96. The number of nitrogens with zero attached hydrogens (tertiary/aromatic N) is 3. The lowest BCUT2D eigenvalue weighted by molar-refractivity contribution is -0.0629. The molecule has 0 unspecified atom stereocenters. The minimum absolute atomic E-state index is 0.0790. The summed E-state index contributed by atoms with van der Waals surface area (Å²) in [5.74, 6) is 3.76. The molecule has 0 spiro atoms. The molecule has 0 radical (unpaired) electrons. The molecule has 8 rings (SSSR count). The summed E-state index contributed by atoms with van der Waals surface area (Å²) in [5, 5.41) is 0. The van der Waals surface area contributed by atoms with Crippen molar-refractivity contribution in [1.82, 2.24) is 9.80 Å². The third-order valence-corrected chi connectivity index (χ3v) is 11.1. The Morgan fingerprint density at radius 2 is 1.49 bits per heavy atom. The summed E-state index contributed by atoms with van der Waals surface area (Å²) in [6.45, 7) is 8.46. The predicted molar refractivity (Wildman–Crippen MR) is 180 cm³/mol. The molecule has 0 atom stereocenters. The number of carbonyl (C=O) groups is 2. The molecule has 1 saturated heterocycles. The third kappa shape index (κ3) is 6.08. The Kier molecular flexibility index (Phi) is 8.09. The number of anilines is 1. The van der Waals surface area contributed by atoms with Crippen LogP contribution in [0.15, 0.2) is 66.7 Å². The van der Waals surface area contributed by atoms with Crippen LogP contribution in [0.2, 0.25) is 0 Å². The molecule has 6 heteroatoms. The first-order valence-electron chi connectivity index (χ1n) is 17.0. The van der Waals surface area contributed by atoms with Gasteiger partial charge in [-0.25, -0.2) is 0 Å². The van der Waals surface area contributed by atoms with Crippen LogP contribution >= 0.6 is 0 Å². The van der Waals surface area contributed by atoms with Crippen molar-refractivity contribution >= 4 is 17.5 Å². The highest BCUT2D eigenvalue weighted by Crippen LogP contribution is 2.60. The minimum Gasteiger partial charge on any atom is -0.494 e. The van der Waals surface area contributed by atoms with Gasteiger partial charge in [-0.2, -0.15) is 0 Å². The molecule has 4 saturated carbocycles. The molecule has 3 aromatic rings. The fourth-order valence-electron chi connectivity index (χ4n) is 9.48. The number of piperazine rings is 1. The molecular weight excluding hydrogens is 558 g/mol. The van der Waals surface area contributed by atoms with Crippen molar-refractivity contribution in [3.05, 3.63) is 83.4 Å². The van der Waals surface area contributed by atoms with Crippen LogP contribution in [-0.4, -0.2) is 68.0 Å². The molecule has 236 valence electrons. The molecule has 4 bridgehead atoms. The molecule has 6 nitrogen and oxygen atoms in total. The average Bonchev–Trinajstić information content (AvgIpc) is 3.03. The number of hydrogen-bond donors (Lipinski definition) is 0. The van der Waals surface area contributed by atoms with Crippen LogP contribution in [0.4, 0.5) is 5.69 Å². The number of carbonyl (C=O) groups excluding carboxylic acids is 2. The monoisotopic (exact) mass is 605 g/mol. The number of hydrogen-bond acceptors (Lipinski definition) is 4. The van der Waals surface area contributed by atoms with Gasteiger partial charge in [0.05, 0.1) is 6.61 Å². The van der Waals surface area contributed by atoms with Crippen molar-refractivity contribution in [2.45, 2.75) is 52.4 Å². The Morgan fingerprint density at radius 1 is 0.844 bits per heavy atom. The van der Waals surface area contributed by atoms with E-state index in [1.54, 1.807) is 0 Å². The molecule has 2 amide bonds. The normalized spacial score (nSPS) is 25.4. The zero-order valence-electron chi connectivity index (χ0n) is 27.1. The third-order valence-electron chi connectivity index (χ3n) is 11.1. The summed E-state index contributed by atoms with van der Waals surface area (Å²) >= 11 is 0. The van der Waals surface area contributed by atoms with Crippen molar-refractivity contribution < 1.29 is 14.3 Å². The summed E-state index contributed by atoms with van der Waals surface area (Å²) < 4.78 is 5.68. The van der Waals surface area contributed by atoms with E-state index >= 15 is 0 Å². The van der Waals surface area contributed by atoms with Gasteiger partial charge in [-0.15, -0.1) is 0 Å². The quantitative estimate of drug-likeness (QED) is 0.270. The van der Waals surface area contributed by atoms with E-state index < -0.39 is 0 Å². The fraction of sp³-hybridized carbons (Fsp3) is 0.487. The van der Waals surface area contributed by atoms with Gasteiger partial charge in [0.1, 0.15) is 5.75 Å². The smallest absolute Gasteiger partial charge is 0.253 e. The Hall–Kier alpha value is -3.80. The first kappa shape index (κ1) is 29.9. The second-order valence-electron chi connectivity index (χ2n) is 14.4. The highest BCUT2D eigenvalue weighted by Gasteiger charge is 2.51. The van der Waals surface area contributed by atoms with Crippen LogP contribution in [0.1, 0.15) is 71.7 Å². The van der Waals surface area contributed by atoms with E-state index in [-0.39, 0.29) is 11.8 Å². The summed E-state index contributed by atoms with van der Waals surface area (Å²) in [6, 6.07) is 22.2. The zero-order valence-corrected chi connectivity index (χ0v) is 27.1. The first-order chi connectivity index (χ1) is 21.8. The Bertz CT molecular complexity index is 1520. The zero-order chi connectivity index (χ0) is 31.1. The minimum atomic E-state index is 0.0790. The van der Waals surface area contributed by atoms with Crippen LogP contribution in [0.5, 0.6) is 5.75 Å². The van der Waals surface area contributed by atoms with Crippen molar-refractivity contribution in [2.75, 3.05) is 51.3 Å². The number of rotatable bonds is 8. The van der Waals surface area contributed by atoms with E-state index in [1.807, 2.05) is 66.2 Å². The lowest BCUT2D eigenvalue weighted by atomic mass is 9.49. The molecule has 0 aromatic heterocycles. The van der Waals surface area contributed by atoms with Gasteiger partial charge in [0.2, 0.25) is 0 Å². The second-order valence-corrected chi connectivity index (χ2v) is 14.4. The van der Waals surface area contributed by atoms with Crippen molar-refractivity contribution in [3.8, 4) is 16.9 Å². The molecule has 1 aliphatic heterocycles. The summed E-state index contributed by atoms with van der Waals surface area (Å²) in [6.07, 6.45) is 8.24. The van der Waals surface area contributed by atoms with Crippen molar-refractivity contribution in [1.29, 1.82) is 0 Å². The molecular formula is C39H47N3O3. The van der Waals surface area contributed by atoms with E-state index in [0.717, 1.165) is 76.6 Å². The number of benzene rings is 3. The Balaban J connectivity index is 0.937. The van der Waals surface area contributed by atoms with Crippen molar-refractivity contribution in [3.63, 3.8) is 0 Å². The maximum atomic E-state index is 13.4. The van der Waals surface area contributed by atoms with E-state index in [2.05, 4.69) is 36.1 Å². The maximum Gasteiger partial charge on any atom is 0.253 e. The number of aryl methyl sites for hydroxylation is 1. The van der Waals surface area contributed by atoms with Crippen LogP contribution in [0, 0.1) is 30.1 Å². The van der Waals surface area contributed by atoms with E-state index in [1.165, 1.54) is 38.5 Å². The van der Waals surface area contributed by atoms with Crippen LogP contribution in [0.3, 0.4) is 0 Å². The number of amides is 2. The van der Waals surface area contributed by atoms with Gasteiger partial charge in [-0.3, -0.25) is 9.59 Å². The Morgan fingerprint density at radius 3 is 2.11 bits per heavy atom. The SMILES string of the molecule is CCOc1cccc(-c2ccc(C(=O)N3CCN(c4ccc(C(=O)N(C)CC56CC7CC(CC(C7)C5)C6)cc4)CC3)cc2C)c1. The van der Waals surface area contributed by atoms with Crippen LogP contribution < -0.4 is 9.64 Å². The molecule has 5 fully saturated rings. The van der Waals surface area contributed by atoms with E-state index in [9.17, 15) is 9.59 Å². The predicted octanol–water partition coefficient (Wildman–Crippen LogP) is 7.31. The highest BCUT2D eigenvalue weighted by atomic mass is 16.5. The second kappa shape index (κ2) is 12.2. The fourth-order valence-corrected chi connectivity index (χ4v) is 9.48. The average molecular weight is 606 g/mol. The lowest BCUT2D eigenvalue weighted by Crippen LogP contribution is -2.51. The summed E-state index contributed by atoms with van der Waals surface area (Å²) in [4.78, 5) is 33.2. The van der Waals surface area contributed by atoms with Gasteiger partial charge in [0.15, 0.2) is 0 Å². The molecule has 3 aromatic carbocycles. The van der Waals surface area contributed by atoms with Crippen molar-refractivity contribution in [2.24, 2.45) is 23.2 Å². The van der Waals surface area contributed by atoms with Gasteiger partial charge >= 0.3 is 0 Å². The topological polar surface area (TPSA) is 53.1 Å². The Labute approximate surface area is 268 Å². The lowest BCUT2D eigenvalue weighted by Gasteiger charge is -2.57. The standard InChI is InChI=1S/C39H47N3O3/c1-4-45-35-7-5-6-32(22-35)36-13-10-33(18-27(36)2)38(44)42-16-14-41(15-17-42)34-11-8-31(9-12-34)37(43)40(3)26-39-23-28-19-29(24-39)21-30(20-28)25-39/h5-13,18,22,28-30H,4,14-17,19-21,23-26H2,1-3H3. The molecule has 4 aliphatic carbocycles. The van der Waals surface area contributed by atoms with E-state index in [4.69, 9.17) is 4.74 Å².